The van der Waals surface area contributed by atoms with Crippen LogP contribution in [0.1, 0.15) is 23.7 Å². The normalized spacial score (nSPS) is 10.4. The average molecular weight is 286 g/mol. The van der Waals surface area contributed by atoms with Crippen LogP contribution in [0.5, 0.6) is 0 Å². The highest BCUT2D eigenvalue weighted by Crippen LogP contribution is 2.35. The minimum atomic E-state index is 0.177. The Labute approximate surface area is 131 Å². The molecule has 0 heterocycles. The van der Waals surface area contributed by atoms with Gasteiger partial charge in [-0.25, -0.2) is 0 Å². The summed E-state index contributed by atoms with van der Waals surface area (Å²) < 4.78 is 0. The molecule has 0 radical (unpaired) electrons. The summed E-state index contributed by atoms with van der Waals surface area (Å²) in [6, 6.07) is 26.4. The molecule has 0 atom stereocenters. The van der Waals surface area contributed by atoms with E-state index in [1.165, 1.54) is 0 Å². The summed E-state index contributed by atoms with van der Waals surface area (Å²) in [7, 11) is 0. The molecule has 0 saturated heterocycles. The lowest BCUT2D eigenvalue weighted by Crippen LogP contribution is -2.01. The minimum Gasteiger partial charge on any atom is -0.294 e. The third-order valence-electron chi connectivity index (χ3n) is 3.83. The molecule has 0 aliphatic carbocycles. The predicted octanol–water partition coefficient (Wildman–Crippen LogP) is 5.61. The number of carbonyl (C=O) groups is 1. The summed E-state index contributed by atoms with van der Waals surface area (Å²) >= 11 is 0. The van der Waals surface area contributed by atoms with E-state index in [-0.39, 0.29) is 5.78 Å². The van der Waals surface area contributed by atoms with Crippen molar-refractivity contribution in [3.8, 4) is 22.3 Å². The standard InChI is InChI=1S/C21H18O/c1-2-20(22)19-15-9-14-18(16-10-5-3-6-11-16)21(19)17-12-7-4-8-13-17/h3-15H,2H2,1H3. The first-order valence-corrected chi connectivity index (χ1v) is 7.58. The number of hydrogen-bond acceptors (Lipinski definition) is 1. The van der Waals surface area contributed by atoms with Crippen molar-refractivity contribution < 1.29 is 4.79 Å². The van der Waals surface area contributed by atoms with Crippen LogP contribution < -0.4 is 0 Å². The van der Waals surface area contributed by atoms with Crippen molar-refractivity contribution in [3.63, 3.8) is 0 Å². The third-order valence-corrected chi connectivity index (χ3v) is 3.83. The van der Waals surface area contributed by atoms with Crippen molar-refractivity contribution in [2.45, 2.75) is 13.3 Å². The van der Waals surface area contributed by atoms with Crippen LogP contribution in [-0.2, 0) is 0 Å². The zero-order valence-corrected chi connectivity index (χ0v) is 12.6. The van der Waals surface area contributed by atoms with Gasteiger partial charge < -0.3 is 0 Å². The molecule has 0 N–H and O–H groups in total. The summed E-state index contributed by atoms with van der Waals surface area (Å²) in [4.78, 5) is 12.4. The molecular weight excluding hydrogens is 268 g/mol. The molecule has 1 heteroatoms. The van der Waals surface area contributed by atoms with Gasteiger partial charge >= 0.3 is 0 Å². The molecule has 22 heavy (non-hydrogen) atoms. The Bertz CT molecular complexity index is 774. The SMILES string of the molecule is CCC(=O)c1cccc(-c2ccccc2)c1-c1ccccc1. The molecule has 0 fully saturated rings. The summed E-state index contributed by atoms with van der Waals surface area (Å²) in [6.45, 7) is 1.91. The van der Waals surface area contributed by atoms with E-state index in [4.69, 9.17) is 0 Å². The van der Waals surface area contributed by atoms with Crippen LogP contribution in [0.4, 0.5) is 0 Å². The number of ketones is 1. The highest BCUT2D eigenvalue weighted by atomic mass is 16.1. The van der Waals surface area contributed by atoms with Gasteiger partial charge in [0, 0.05) is 17.5 Å². The summed E-state index contributed by atoms with van der Waals surface area (Å²) in [5, 5.41) is 0. The molecule has 0 saturated carbocycles. The van der Waals surface area contributed by atoms with Gasteiger partial charge in [-0.3, -0.25) is 4.79 Å². The van der Waals surface area contributed by atoms with Crippen molar-refractivity contribution in [1.82, 2.24) is 0 Å². The Balaban J connectivity index is 2.29. The third kappa shape index (κ3) is 2.71. The smallest absolute Gasteiger partial charge is 0.163 e. The van der Waals surface area contributed by atoms with E-state index in [0.29, 0.717) is 6.42 Å². The van der Waals surface area contributed by atoms with Gasteiger partial charge in [0.2, 0.25) is 0 Å². The predicted molar refractivity (Wildman–Crippen MR) is 91.9 cm³/mol. The van der Waals surface area contributed by atoms with Gasteiger partial charge in [0.1, 0.15) is 0 Å². The van der Waals surface area contributed by atoms with Gasteiger partial charge in [0.25, 0.3) is 0 Å². The molecule has 108 valence electrons. The van der Waals surface area contributed by atoms with Crippen molar-refractivity contribution in [1.29, 1.82) is 0 Å². The Morgan fingerprint density at radius 3 is 1.91 bits per heavy atom. The second-order valence-electron chi connectivity index (χ2n) is 5.24. The fraction of sp³-hybridized carbons (Fsp3) is 0.0952. The number of carbonyl (C=O) groups excluding carboxylic acids is 1. The maximum absolute atomic E-state index is 12.4. The lowest BCUT2D eigenvalue weighted by atomic mass is 9.88. The first kappa shape index (κ1) is 14.3. The summed E-state index contributed by atoms with van der Waals surface area (Å²) in [5.41, 5.74) is 5.15. The van der Waals surface area contributed by atoms with Crippen LogP contribution in [0.15, 0.2) is 78.9 Å². The first-order valence-electron chi connectivity index (χ1n) is 7.58. The highest BCUT2D eigenvalue weighted by Gasteiger charge is 2.15. The quantitative estimate of drug-likeness (QED) is 0.569. The topological polar surface area (TPSA) is 17.1 Å². The van der Waals surface area contributed by atoms with Gasteiger partial charge in [0.15, 0.2) is 5.78 Å². The van der Waals surface area contributed by atoms with E-state index >= 15 is 0 Å². The fourth-order valence-electron chi connectivity index (χ4n) is 2.75. The number of rotatable bonds is 4. The number of hydrogen-bond donors (Lipinski definition) is 0. The number of benzene rings is 3. The van der Waals surface area contributed by atoms with Gasteiger partial charge in [0.05, 0.1) is 0 Å². The summed E-state index contributed by atoms with van der Waals surface area (Å²) in [5.74, 6) is 0.177. The second kappa shape index (κ2) is 6.40. The van der Waals surface area contributed by atoms with Crippen molar-refractivity contribution >= 4 is 5.78 Å². The van der Waals surface area contributed by atoms with Gasteiger partial charge in [-0.1, -0.05) is 85.8 Å². The Kier molecular flexibility index (Phi) is 4.15. The van der Waals surface area contributed by atoms with E-state index in [9.17, 15) is 4.79 Å². The lowest BCUT2D eigenvalue weighted by Gasteiger charge is -2.14. The monoisotopic (exact) mass is 286 g/mol. The average Bonchev–Trinajstić information content (AvgIpc) is 2.62. The number of Topliss-reactive ketones (excluding diaryl/α,β-unsaturated/α-hetero) is 1. The van der Waals surface area contributed by atoms with E-state index in [1.54, 1.807) is 0 Å². The van der Waals surface area contributed by atoms with Crippen LogP contribution in [0.3, 0.4) is 0 Å². The van der Waals surface area contributed by atoms with E-state index < -0.39 is 0 Å². The van der Waals surface area contributed by atoms with Crippen molar-refractivity contribution in [3.05, 3.63) is 84.4 Å². The van der Waals surface area contributed by atoms with E-state index in [1.807, 2.05) is 55.5 Å². The molecule has 0 spiro atoms. The zero-order valence-electron chi connectivity index (χ0n) is 12.6. The summed E-state index contributed by atoms with van der Waals surface area (Å²) in [6.07, 6.45) is 0.512. The second-order valence-corrected chi connectivity index (χ2v) is 5.24. The molecule has 3 aromatic rings. The maximum Gasteiger partial charge on any atom is 0.163 e. The van der Waals surface area contributed by atoms with Crippen LogP contribution in [-0.4, -0.2) is 5.78 Å². The van der Waals surface area contributed by atoms with Crippen LogP contribution in [0.25, 0.3) is 22.3 Å². The Morgan fingerprint density at radius 1 is 0.727 bits per heavy atom. The van der Waals surface area contributed by atoms with E-state index in [2.05, 4.69) is 30.3 Å². The Hall–Kier alpha value is -2.67. The lowest BCUT2D eigenvalue weighted by molar-refractivity contribution is 0.0989. The zero-order chi connectivity index (χ0) is 15.4. The minimum absolute atomic E-state index is 0.177. The van der Waals surface area contributed by atoms with Gasteiger partial charge in [-0.15, -0.1) is 0 Å². The van der Waals surface area contributed by atoms with Crippen molar-refractivity contribution in [2.75, 3.05) is 0 Å². The van der Waals surface area contributed by atoms with Gasteiger partial charge in [-0.05, 0) is 16.7 Å². The molecule has 3 rings (SSSR count). The maximum atomic E-state index is 12.4. The van der Waals surface area contributed by atoms with Crippen molar-refractivity contribution in [2.24, 2.45) is 0 Å². The molecule has 0 aliphatic heterocycles. The van der Waals surface area contributed by atoms with E-state index in [0.717, 1.165) is 27.8 Å². The largest absolute Gasteiger partial charge is 0.294 e. The fourth-order valence-corrected chi connectivity index (χ4v) is 2.75. The highest BCUT2D eigenvalue weighted by molar-refractivity contribution is 6.05. The van der Waals surface area contributed by atoms with Gasteiger partial charge in [-0.2, -0.15) is 0 Å². The molecule has 0 unspecified atom stereocenters. The van der Waals surface area contributed by atoms with Crippen LogP contribution in [0, 0.1) is 0 Å². The Morgan fingerprint density at radius 2 is 1.32 bits per heavy atom. The molecule has 0 aliphatic rings. The molecule has 3 aromatic carbocycles. The van der Waals surface area contributed by atoms with Crippen LogP contribution >= 0.6 is 0 Å². The first-order chi connectivity index (χ1) is 10.8. The van der Waals surface area contributed by atoms with Crippen LogP contribution in [0.2, 0.25) is 0 Å². The molecule has 0 bridgehead atoms. The molecule has 0 amide bonds. The molecule has 1 nitrogen and oxygen atoms in total. The molecule has 0 aromatic heterocycles. The molecular formula is C21H18O.